The second-order valence-corrected chi connectivity index (χ2v) is 4.32. The quantitative estimate of drug-likeness (QED) is 0.455. The summed E-state index contributed by atoms with van der Waals surface area (Å²) in [5.41, 5.74) is 5.82. The van der Waals surface area contributed by atoms with Crippen molar-refractivity contribution in [2.45, 2.75) is 0 Å². The Morgan fingerprint density at radius 3 is 2.80 bits per heavy atom. The SMILES string of the molecule is CNc1cnc(C(=N)Oc2ccnc(Cl)c2Cl)c(N)n1. The number of rotatable bonds is 3. The molecule has 4 N–H and O–H groups in total. The maximum absolute atomic E-state index is 7.86. The Morgan fingerprint density at radius 2 is 2.15 bits per heavy atom. The lowest BCUT2D eigenvalue weighted by atomic mass is 10.4. The van der Waals surface area contributed by atoms with Crippen LogP contribution in [-0.4, -0.2) is 27.9 Å². The van der Waals surface area contributed by atoms with E-state index in [1.165, 1.54) is 18.5 Å². The maximum atomic E-state index is 7.86. The highest BCUT2D eigenvalue weighted by Gasteiger charge is 2.15. The summed E-state index contributed by atoms with van der Waals surface area (Å²) in [7, 11) is 1.68. The van der Waals surface area contributed by atoms with Crippen molar-refractivity contribution in [2.75, 3.05) is 18.1 Å². The summed E-state index contributed by atoms with van der Waals surface area (Å²) in [5, 5.41) is 10.8. The molecule has 20 heavy (non-hydrogen) atoms. The number of anilines is 2. The number of nitrogen functional groups attached to an aromatic ring is 1. The van der Waals surface area contributed by atoms with Gasteiger partial charge in [0.25, 0.3) is 0 Å². The van der Waals surface area contributed by atoms with E-state index in [1.54, 1.807) is 7.05 Å². The summed E-state index contributed by atoms with van der Waals surface area (Å²) in [4.78, 5) is 11.8. The van der Waals surface area contributed by atoms with Gasteiger partial charge in [0.15, 0.2) is 22.4 Å². The minimum atomic E-state index is -0.290. The Morgan fingerprint density at radius 1 is 1.40 bits per heavy atom. The second-order valence-electron chi connectivity index (χ2n) is 3.58. The summed E-state index contributed by atoms with van der Waals surface area (Å²) in [6.45, 7) is 0. The molecule has 2 aromatic rings. The van der Waals surface area contributed by atoms with Gasteiger partial charge in [-0.1, -0.05) is 23.2 Å². The lowest BCUT2D eigenvalue weighted by Crippen LogP contribution is -2.15. The van der Waals surface area contributed by atoms with Crippen molar-refractivity contribution < 1.29 is 4.74 Å². The highest BCUT2D eigenvalue weighted by molar-refractivity contribution is 6.42. The van der Waals surface area contributed by atoms with E-state index in [0.29, 0.717) is 5.82 Å². The van der Waals surface area contributed by atoms with Gasteiger partial charge in [0.05, 0.1) is 6.20 Å². The molecule has 0 spiro atoms. The fraction of sp³-hybridized carbons (Fsp3) is 0.0909. The van der Waals surface area contributed by atoms with E-state index in [4.69, 9.17) is 39.1 Å². The number of nitrogens with zero attached hydrogens (tertiary/aromatic N) is 3. The lowest BCUT2D eigenvalue weighted by molar-refractivity contribution is 0.544. The average Bonchev–Trinajstić information content (AvgIpc) is 2.43. The highest BCUT2D eigenvalue weighted by Crippen LogP contribution is 2.30. The number of nitrogens with one attached hydrogen (secondary N) is 2. The van der Waals surface area contributed by atoms with E-state index in [1.807, 2.05) is 0 Å². The molecule has 7 nitrogen and oxygen atoms in total. The zero-order valence-electron chi connectivity index (χ0n) is 10.3. The lowest BCUT2D eigenvalue weighted by Gasteiger charge is -2.10. The molecule has 0 aliphatic carbocycles. The first kappa shape index (κ1) is 14.3. The van der Waals surface area contributed by atoms with Gasteiger partial charge in [-0.15, -0.1) is 0 Å². The summed E-state index contributed by atoms with van der Waals surface area (Å²) >= 11 is 11.7. The van der Waals surface area contributed by atoms with E-state index in [0.717, 1.165) is 0 Å². The predicted molar refractivity (Wildman–Crippen MR) is 77.7 cm³/mol. The molecule has 2 heterocycles. The molecular weight excluding hydrogens is 303 g/mol. The molecule has 0 unspecified atom stereocenters. The average molecular weight is 313 g/mol. The monoisotopic (exact) mass is 312 g/mol. The third kappa shape index (κ3) is 2.89. The number of hydrogen-bond acceptors (Lipinski definition) is 7. The molecule has 104 valence electrons. The Kier molecular flexibility index (Phi) is 4.21. The number of ether oxygens (including phenoxy) is 1. The van der Waals surface area contributed by atoms with Gasteiger partial charge in [-0.2, -0.15) is 0 Å². The van der Waals surface area contributed by atoms with Crippen LogP contribution in [0.4, 0.5) is 11.6 Å². The molecule has 0 amide bonds. The molecule has 2 rings (SSSR count). The molecule has 0 radical (unpaired) electrons. The van der Waals surface area contributed by atoms with Gasteiger partial charge in [0.1, 0.15) is 10.8 Å². The molecule has 2 aromatic heterocycles. The summed E-state index contributed by atoms with van der Waals surface area (Å²) in [6.07, 6.45) is 2.85. The van der Waals surface area contributed by atoms with E-state index in [-0.39, 0.29) is 33.3 Å². The topological polar surface area (TPSA) is 110 Å². The van der Waals surface area contributed by atoms with Crippen molar-refractivity contribution in [3.63, 3.8) is 0 Å². The first-order valence-corrected chi connectivity index (χ1v) is 6.15. The van der Waals surface area contributed by atoms with Crippen molar-refractivity contribution in [1.29, 1.82) is 5.41 Å². The molecule has 0 aliphatic rings. The zero-order valence-corrected chi connectivity index (χ0v) is 11.8. The molecule has 0 fully saturated rings. The number of hydrogen-bond donors (Lipinski definition) is 3. The Labute approximate surface area is 124 Å². The number of halogens is 2. The smallest absolute Gasteiger partial charge is 0.241 e. The molecule has 0 aromatic carbocycles. The normalized spacial score (nSPS) is 10.2. The molecule has 9 heteroatoms. The second kappa shape index (κ2) is 5.89. The first-order chi connectivity index (χ1) is 9.52. The number of aromatic nitrogens is 3. The van der Waals surface area contributed by atoms with Crippen molar-refractivity contribution in [2.24, 2.45) is 0 Å². The fourth-order valence-electron chi connectivity index (χ4n) is 1.34. The van der Waals surface area contributed by atoms with Gasteiger partial charge < -0.3 is 15.8 Å². The van der Waals surface area contributed by atoms with Crippen LogP contribution in [0, 0.1) is 5.41 Å². The van der Waals surface area contributed by atoms with Crippen LogP contribution in [0.15, 0.2) is 18.5 Å². The van der Waals surface area contributed by atoms with Crippen LogP contribution in [0.2, 0.25) is 10.2 Å². The summed E-state index contributed by atoms with van der Waals surface area (Å²) in [5.74, 6) is 0.458. The minimum absolute atomic E-state index is 0.0677. The van der Waals surface area contributed by atoms with E-state index in [9.17, 15) is 0 Å². The van der Waals surface area contributed by atoms with Crippen LogP contribution in [0.1, 0.15) is 5.69 Å². The maximum Gasteiger partial charge on any atom is 0.241 e. The third-order valence-corrected chi connectivity index (χ3v) is 3.04. The molecule has 0 saturated carbocycles. The van der Waals surface area contributed by atoms with E-state index >= 15 is 0 Å². The standard InChI is InChI=1S/C11H10Cl2N6O/c1-16-6-4-18-8(10(14)19-6)11(15)20-5-2-3-17-9(13)7(5)12/h2-4,15H,1H3,(H3,14,16,19). The van der Waals surface area contributed by atoms with E-state index in [2.05, 4.69) is 20.3 Å². The van der Waals surface area contributed by atoms with Crippen LogP contribution < -0.4 is 15.8 Å². The van der Waals surface area contributed by atoms with Gasteiger partial charge in [0, 0.05) is 19.3 Å². The highest BCUT2D eigenvalue weighted by atomic mass is 35.5. The first-order valence-electron chi connectivity index (χ1n) is 5.40. The molecule has 0 atom stereocenters. The molecule has 0 bridgehead atoms. The van der Waals surface area contributed by atoms with Crippen molar-refractivity contribution in [3.05, 3.63) is 34.3 Å². The van der Waals surface area contributed by atoms with Gasteiger partial charge in [0.2, 0.25) is 5.90 Å². The van der Waals surface area contributed by atoms with Crippen molar-refractivity contribution in [1.82, 2.24) is 15.0 Å². The molecule has 0 saturated heterocycles. The van der Waals surface area contributed by atoms with Crippen molar-refractivity contribution in [3.8, 4) is 5.75 Å². The molecular formula is C11H10Cl2N6O. The Bertz CT molecular complexity index is 663. The Balaban J connectivity index is 2.26. The van der Waals surface area contributed by atoms with Gasteiger partial charge in [-0.3, -0.25) is 5.41 Å². The van der Waals surface area contributed by atoms with Crippen LogP contribution in [0.25, 0.3) is 0 Å². The predicted octanol–water partition coefficient (Wildman–Crippen LogP) is 2.21. The van der Waals surface area contributed by atoms with Crippen LogP contribution in [0.3, 0.4) is 0 Å². The van der Waals surface area contributed by atoms with Crippen LogP contribution in [-0.2, 0) is 0 Å². The van der Waals surface area contributed by atoms with Gasteiger partial charge in [-0.05, 0) is 0 Å². The Hall–Kier alpha value is -2.12. The van der Waals surface area contributed by atoms with Crippen LogP contribution >= 0.6 is 23.2 Å². The fourth-order valence-corrected chi connectivity index (χ4v) is 1.64. The molecule has 0 aliphatic heterocycles. The largest absolute Gasteiger partial charge is 0.436 e. The number of nitrogens with two attached hydrogens (primary N) is 1. The minimum Gasteiger partial charge on any atom is -0.436 e. The van der Waals surface area contributed by atoms with Gasteiger partial charge in [-0.25, -0.2) is 15.0 Å². The van der Waals surface area contributed by atoms with Crippen LogP contribution in [0.5, 0.6) is 5.75 Å². The zero-order chi connectivity index (χ0) is 14.7. The summed E-state index contributed by atoms with van der Waals surface area (Å²) < 4.78 is 5.29. The number of pyridine rings is 1. The van der Waals surface area contributed by atoms with Gasteiger partial charge >= 0.3 is 0 Å². The van der Waals surface area contributed by atoms with E-state index < -0.39 is 0 Å². The third-order valence-electron chi connectivity index (χ3n) is 2.29. The summed E-state index contributed by atoms with van der Waals surface area (Å²) in [6, 6.07) is 1.48. The van der Waals surface area contributed by atoms with Crippen molar-refractivity contribution >= 4 is 40.7 Å².